The van der Waals surface area contributed by atoms with Crippen molar-refractivity contribution in [3.05, 3.63) is 35.9 Å². The Labute approximate surface area is 101 Å². The van der Waals surface area contributed by atoms with Crippen molar-refractivity contribution in [2.45, 2.75) is 11.8 Å². The Morgan fingerprint density at radius 1 is 1.24 bits per heavy atom. The van der Waals surface area contributed by atoms with E-state index in [1.165, 1.54) is 19.2 Å². The lowest BCUT2D eigenvalue weighted by molar-refractivity contribution is -0.133. The van der Waals surface area contributed by atoms with Gasteiger partial charge in [-0.3, -0.25) is 0 Å². The van der Waals surface area contributed by atoms with E-state index in [1.807, 2.05) is 0 Å². The zero-order chi connectivity index (χ0) is 13.1. The monoisotopic (exact) mass is 254 g/mol. The second kappa shape index (κ2) is 5.14. The smallest absolute Gasteiger partial charge is 0.338 e. The summed E-state index contributed by atoms with van der Waals surface area (Å²) < 4.78 is 27.2. The number of hydrogen-bond acceptors (Lipinski definition) is 4. The standard InChI is InChI=1S/C12H14O4S/c1-4-11(12(13)16-2)9-5-7-10(8-6-9)17(3,14)15/h4-8H,1-3H3. The molecule has 0 aromatic heterocycles. The normalized spacial score (nSPS) is 12.3. The van der Waals surface area contributed by atoms with Gasteiger partial charge in [-0.15, -0.1) is 0 Å². The van der Waals surface area contributed by atoms with Gasteiger partial charge in [-0.25, -0.2) is 13.2 Å². The minimum atomic E-state index is -3.21. The van der Waals surface area contributed by atoms with Gasteiger partial charge in [-0.05, 0) is 24.6 Å². The molecule has 0 unspecified atom stereocenters. The lowest BCUT2D eigenvalue weighted by Crippen LogP contribution is -2.04. The average molecular weight is 254 g/mol. The van der Waals surface area contributed by atoms with E-state index >= 15 is 0 Å². The van der Waals surface area contributed by atoms with Gasteiger partial charge in [0.15, 0.2) is 9.84 Å². The molecule has 0 fully saturated rings. The highest BCUT2D eigenvalue weighted by atomic mass is 32.2. The number of hydrogen-bond donors (Lipinski definition) is 0. The van der Waals surface area contributed by atoms with Crippen molar-refractivity contribution in [1.29, 1.82) is 0 Å². The summed E-state index contributed by atoms with van der Waals surface area (Å²) >= 11 is 0. The molecule has 5 heteroatoms. The molecule has 17 heavy (non-hydrogen) atoms. The van der Waals surface area contributed by atoms with Gasteiger partial charge in [-0.2, -0.15) is 0 Å². The number of esters is 1. The number of benzene rings is 1. The van der Waals surface area contributed by atoms with Gasteiger partial charge in [-0.1, -0.05) is 18.2 Å². The molecule has 0 bridgehead atoms. The lowest BCUT2D eigenvalue weighted by Gasteiger charge is -2.05. The fraction of sp³-hybridized carbons (Fsp3) is 0.250. The maximum Gasteiger partial charge on any atom is 0.338 e. The SMILES string of the molecule is CC=C(C(=O)OC)c1ccc(S(C)(=O)=O)cc1. The Balaban J connectivity index is 3.15. The van der Waals surface area contributed by atoms with Crippen molar-refractivity contribution in [3.8, 4) is 0 Å². The molecule has 92 valence electrons. The highest BCUT2D eigenvalue weighted by Crippen LogP contribution is 2.18. The molecule has 0 N–H and O–H groups in total. The minimum absolute atomic E-state index is 0.224. The molecule has 0 aliphatic rings. The van der Waals surface area contributed by atoms with Crippen LogP contribution in [-0.2, 0) is 19.4 Å². The molecule has 0 spiro atoms. The molecule has 4 nitrogen and oxygen atoms in total. The van der Waals surface area contributed by atoms with Crippen molar-refractivity contribution in [2.24, 2.45) is 0 Å². The van der Waals surface area contributed by atoms with E-state index < -0.39 is 15.8 Å². The summed E-state index contributed by atoms with van der Waals surface area (Å²) in [6.07, 6.45) is 2.76. The third kappa shape index (κ3) is 3.17. The van der Waals surface area contributed by atoms with E-state index in [9.17, 15) is 13.2 Å². The topological polar surface area (TPSA) is 60.4 Å². The third-order valence-electron chi connectivity index (χ3n) is 2.29. The van der Waals surface area contributed by atoms with Crippen LogP contribution in [0.25, 0.3) is 5.57 Å². The molecule has 0 saturated heterocycles. The predicted octanol–water partition coefficient (Wildman–Crippen LogP) is 1.67. The Hall–Kier alpha value is -1.62. The van der Waals surface area contributed by atoms with Crippen LogP contribution in [0.5, 0.6) is 0 Å². The first kappa shape index (κ1) is 13.4. The number of sulfone groups is 1. The molecule has 0 aliphatic carbocycles. The first-order valence-electron chi connectivity index (χ1n) is 4.95. The minimum Gasteiger partial charge on any atom is -0.465 e. The largest absolute Gasteiger partial charge is 0.465 e. The molecular formula is C12H14O4S. The van der Waals surface area contributed by atoms with Crippen molar-refractivity contribution in [2.75, 3.05) is 13.4 Å². The van der Waals surface area contributed by atoms with E-state index in [1.54, 1.807) is 25.1 Å². The van der Waals surface area contributed by atoms with E-state index in [-0.39, 0.29) is 4.90 Å². The Kier molecular flexibility index (Phi) is 4.07. The summed E-state index contributed by atoms with van der Waals surface area (Å²) in [5.74, 6) is -0.445. The van der Waals surface area contributed by atoms with Crippen LogP contribution in [0.3, 0.4) is 0 Å². The molecule has 0 heterocycles. The third-order valence-corrected chi connectivity index (χ3v) is 3.42. The summed E-state index contributed by atoms with van der Waals surface area (Å²) in [5.41, 5.74) is 1.04. The molecule has 1 aromatic carbocycles. The van der Waals surface area contributed by atoms with Gasteiger partial charge >= 0.3 is 5.97 Å². The van der Waals surface area contributed by atoms with Crippen LogP contribution in [0, 0.1) is 0 Å². The number of ether oxygens (including phenoxy) is 1. The van der Waals surface area contributed by atoms with Crippen LogP contribution in [0.15, 0.2) is 35.2 Å². The molecule has 0 saturated carbocycles. The highest BCUT2D eigenvalue weighted by molar-refractivity contribution is 7.90. The van der Waals surface area contributed by atoms with Crippen molar-refractivity contribution < 1.29 is 17.9 Å². The van der Waals surface area contributed by atoms with Crippen LogP contribution in [0.4, 0.5) is 0 Å². The van der Waals surface area contributed by atoms with Crippen molar-refractivity contribution >= 4 is 21.4 Å². The maximum atomic E-state index is 11.4. The Morgan fingerprint density at radius 3 is 2.12 bits per heavy atom. The fourth-order valence-corrected chi connectivity index (χ4v) is 2.02. The first-order valence-corrected chi connectivity index (χ1v) is 6.84. The Morgan fingerprint density at radius 2 is 1.76 bits per heavy atom. The highest BCUT2D eigenvalue weighted by Gasteiger charge is 2.12. The van der Waals surface area contributed by atoms with Crippen molar-refractivity contribution in [3.63, 3.8) is 0 Å². The maximum absolute atomic E-state index is 11.4. The van der Waals surface area contributed by atoms with Gasteiger partial charge in [0, 0.05) is 6.26 Å². The second-order valence-corrected chi connectivity index (χ2v) is 5.51. The van der Waals surface area contributed by atoms with E-state index in [0.717, 1.165) is 6.26 Å². The molecule has 0 radical (unpaired) electrons. The number of carbonyl (C=O) groups excluding carboxylic acids is 1. The zero-order valence-corrected chi connectivity index (χ0v) is 10.7. The molecule has 0 amide bonds. The predicted molar refractivity (Wildman–Crippen MR) is 65.2 cm³/mol. The quantitative estimate of drug-likeness (QED) is 0.608. The van der Waals surface area contributed by atoms with Gasteiger partial charge in [0.25, 0.3) is 0 Å². The van der Waals surface area contributed by atoms with Crippen LogP contribution < -0.4 is 0 Å². The fourth-order valence-electron chi connectivity index (χ4n) is 1.39. The molecule has 1 rings (SSSR count). The lowest BCUT2D eigenvalue weighted by atomic mass is 10.1. The summed E-state index contributed by atoms with van der Waals surface area (Å²) in [7, 11) is -1.91. The van der Waals surface area contributed by atoms with Crippen LogP contribution >= 0.6 is 0 Å². The van der Waals surface area contributed by atoms with Crippen LogP contribution in [-0.4, -0.2) is 27.8 Å². The first-order chi connectivity index (χ1) is 7.90. The van der Waals surface area contributed by atoms with E-state index in [4.69, 9.17) is 0 Å². The molecule has 0 atom stereocenters. The van der Waals surface area contributed by atoms with E-state index in [0.29, 0.717) is 11.1 Å². The van der Waals surface area contributed by atoms with Crippen LogP contribution in [0.2, 0.25) is 0 Å². The molecule has 0 aliphatic heterocycles. The average Bonchev–Trinajstić information content (AvgIpc) is 2.29. The van der Waals surface area contributed by atoms with Crippen LogP contribution in [0.1, 0.15) is 12.5 Å². The van der Waals surface area contributed by atoms with Gasteiger partial charge in [0.05, 0.1) is 17.6 Å². The van der Waals surface area contributed by atoms with Gasteiger partial charge in [0.2, 0.25) is 0 Å². The Bertz CT molecular complexity index is 538. The zero-order valence-electron chi connectivity index (χ0n) is 9.93. The number of rotatable bonds is 3. The molecule has 1 aromatic rings. The summed E-state index contributed by atoms with van der Waals surface area (Å²) in [6, 6.07) is 6.11. The summed E-state index contributed by atoms with van der Waals surface area (Å²) in [4.78, 5) is 11.6. The number of allylic oxidation sites excluding steroid dienone is 1. The van der Waals surface area contributed by atoms with E-state index in [2.05, 4.69) is 4.74 Å². The second-order valence-electron chi connectivity index (χ2n) is 3.49. The number of carbonyl (C=O) groups is 1. The van der Waals surface area contributed by atoms with Crippen molar-refractivity contribution in [1.82, 2.24) is 0 Å². The summed E-state index contributed by atoms with van der Waals surface area (Å²) in [5, 5.41) is 0. The summed E-state index contributed by atoms with van der Waals surface area (Å²) in [6.45, 7) is 1.72. The van der Waals surface area contributed by atoms with Gasteiger partial charge < -0.3 is 4.74 Å². The van der Waals surface area contributed by atoms with Gasteiger partial charge in [0.1, 0.15) is 0 Å². The molecular weight excluding hydrogens is 240 g/mol. The number of methoxy groups -OCH3 is 1.